The lowest BCUT2D eigenvalue weighted by atomic mass is 9.95. The normalized spacial score (nSPS) is 25.2. The molecular formula is C27H35N3O9. The Morgan fingerprint density at radius 1 is 1.08 bits per heavy atom. The van der Waals surface area contributed by atoms with Gasteiger partial charge in [-0.3, -0.25) is 9.59 Å². The van der Waals surface area contributed by atoms with Crippen molar-refractivity contribution in [3.63, 3.8) is 0 Å². The van der Waals surface area contributed by atoms with Gasteiger partial charge >= 0.3 is 5.97 Å². The SMILES string of the molecule is COc1ccc(N2CCN(C(=O)CNC(=O)Cc3ccccc3OC3(O)OCC(CO)C(O)C3O)CC2)cc1. The monoisotopic (exact) mass is 545 g/mol. The third-order valence-electron chi connectivity index (χ3n) is 7.01. The summed E-state index contributed by atoms with van der Waals surface area (Å²) >= 11 is 0. The highest BCUT2D eigenvalue weighted by atomic mass is 16.8. The average molecular weight is 546 g/mol. The Hall–Kier alpha value is -3.42. The average Bonchev–Trinajstić information content (AvgIpc) is 2.96. The molecule has 2 aliphatic heterocycles. The predicted octanol–water partition coefficient (Wildman–Crippen LogP) is -0.912. The van der Waals surface area contributed by atoms with Crippen LogP contribution in [-0.2, 0) is 20.7 Å². The molecule has 4 rings (SSSR count). The number of methoxy groups -OCH3 is 1. The molecule has 2 heterocycles. The summed E-state index contributed by atoms with van der Waals surface area (Å²) in [7, 11) is 1.62. The van der Waals surface area contributed by atoms with Crippen molar-refractivity contribution in [3.8, 4) is 11.5 Å². The number of amides is 2. The van der Waals surface area contributed by atoms with Gasteiger partial charge in [-0.25, -0.2) is 0 Å². The molecule has 12 heteroatoms. The summed E-state index contributed by atoms with van der Waals surface area (Å²) in [4.78, 5) is 29.2. The standard InChI is InChI=1S/C27H35N3O9/c1-37-21-8-6-20(7-9-21)29-10-12-30(13-11-29)24(33)15-28-23(32)14-18-4-2-3-5-22(18)39-27(36)26(35)25(34)19(16-31)17-38-27/h2-9,19,25-26,31,34-36H,10-17H2,1H3,(H,28,32). The molecule has 0 spiro atoms. The largest absolute Gasteiger partial charge is 0.497 e. The number of piperazine rings is 1. The zero-order valence-electron chi connectivity index (χ0n) is 21.7. The van der Waals surface area contributed by atoms with Crippen LogP contribution in [-0.4, -0.2) is 108 Å². The number of carbonyl (C=O) groups is 2. The van der Waals surface area contributed by atoms with E-state index in [0.717, 1.165) is 11.4 Å². The smallest absolute Gasteiger partial charge is 0.354 e. The molecule has 2 saturated heterocycles. The lowest BCUT2D eigenvalue weighted by Crippen LogP contribution is -2.62. The van der Waals surface area contributed by atoms with E-state index in [-0.39, 0.29) is 31.2 Å². The number of ether oxygens (including phenoxy) is 3. The predicted molar refractivity (Wildman–Crippen MR) is 139 cm³/mol. The van der Waals surface area contributed by atoms with Gasteiger partial charge in [-0.15, -0.1) is 0 Å². The van der Waals surface area contributed by atoms with Crippen LogP contribution in [0.1, 0.15) is 5.56 Å². The fourth-order valence-corrected chi connectivity index (χ4v) is 4.57. The van der Waals surface area contributed by atoms with Crippen LogP contribution in [0.3, 0.4) is 0 Å². The van der Waals surface area contributed by atoms with Gasteiger partial charge in [-0.05, 0) is 30.3 Å². The van der Waals surface area contributed by atoms with E-state index in [1.54, 1.807) is 30.2 Å². The minimum absolute atomic E-state index is 0.0600. The third-order valence-corrected chi connectivity index (χ3v) is 7.01. The van der Waals surface area contributed by atoms with Crippen molar-refractivity contribution < 1.29 is 44.2 Å². The van der Waals surface area contributed by atoms with E-state index < -0.39 is 36.6 Å². The molecule has 2 aliphatic rings. The molecule has 4 atom stereocenters. The zero-order chi connectivity index (χ0) is 28.0. The first-order valence-corrected chi connectivity index (χ1v) is 12.8. The van der Waals surface area contributed by atoms with E-state index in [2.05, 4.69) is 10.2 Å². The van der Waals surface area contributed by atoms with Crippen LogP contribution >= 0.6 is 0 Å². The Morgan fingerprint density at radius 3 is 2.44 bits per heavy atom. The maximum Gasteiger partial charge on any atom is 0.354 e. The quantitative estimate of drug-likeness (QED) is 0.250. The van der Waals surface area contributed by atoms with Crippen LogP contribution in [0, 0.1) is 5.92 Å². The second-order valence-electron chi connectivity index (χ2n) is 9.55. The third kappa shape index (κ3) is 6.78. The van der Waals surface area contributed by atoms with Crippen molar-refractivity contribution >= 4 is 17.5 Å². The summed E-state index contributed by atoms with van der Waals surface area (Å²) in [5.41, 5.74) is 1.43. The van der Waals surface area contributed by atoms with E-state index in [0.29, 0.717) is 31.7 Å². The lowest BCUT2D eigenvalue weighted by Gasteiger charge is -2.42. The number of rotatable bonds is 9. The summed E-state index contributed by atoms with van der Waals surface area (Å²) in [6.07, 6.45) is -3.50. The Labute approximate surface area is 226 Å². The van der Waals surface area contributed by atoms with Crippen molar-refractivity contribution in [1.29, 1.82) is 0 Å². The van der Waals surface area contributed by atoms with Crippen molar-refractivity contribution in [3.05, 3.63) is 54.1 Å². The van der Waals surface area contributed by atoms with E-state index in [1.807, 2.05) is 24.3 Å². The van der Waals surface area contributed by atoms with Crippen LogP contribution in [0.25, 0.3) is 0 Å². The van der Waals surface area contributed by atoms with Gasteiger partial charge in [0.05, 0.1) is 39.4 Å². The first-order chi connectivity index (χ1) is 18.7. The number of anilines is 1. The highest BCUT2D eigenvalue weighted by Crippen LogP contribution is 2.31. The number of benzene rings is 2. The molecule has 39 heavy (non-hydrogen) atoms. The van der Waals surface area contributed by atoms with Crippen molar-refractivity contribution in [1.82, 2.24) is 10.2 Å². The van der Waals surface area contributed by atoms with Crippen LogP contribution in [0.15, 0.2) is 48.5 Å². The molecule has 2 aromatic carbocycles. The first kappa shape index (κ1) is 28.6. The van der Waals surface area contributed by atoms with Crippen LogP contribution < -0.4 is 19.7 Å². The molecule has 2 fully saturated rings. The number of hydrogen-bond acceptors (Lipinski definition) is 10. The van der Waals surface area contributed by atoms with Crippen molar-refractivity contribution in [2.75, 3.05) is 57.9 Å². The van der Waals surface area contributed by atoms with Gasteiger partial charge in [0.25, 0.3) is 0 Å². The molecule has 2 amide bonds. The second kappa shape index (κ2) is 12.6. The highest BCUT2D eigenvalue weighted by Gasteiger charge is 2.51. The molecule has 212 valence electrons. The van der Waals surface area contributed by atoms with Gasteiger partial charge in [0, 0.05) is 43.3 Å². The Kier molecular flexibility index (Phi) is 9.25. The van der Waals surface area contributed by atoms with Gasteiger partial charge in [0.1, 0.15) is 11.5 Å². The number of aliphatic hydroxyl groups excluding tert-OH is 3. The highest BCUT2D eigenvalue weighted by molar-refractivity contribution is 5.86. The molecule has 2 aromatic rings. The number of nitrogens with one attached hydrogen (secondary N) is 1. The summed E-state index contributed by atoms with van der Waals surface area (Å²) in [6, 6.07) is 14.1. The van der Waals surface area contributed by atoms with Gasteiger partial charge in [0.15, 0.2) is 6.10 Å². The van der Waals surface area contributed by atoms with Crippen LogP contribution in [0.4, 0.5) is 5.69 Å². The molecule has 0 aromatic heterocycles. The Morgan fingerprint density at radius 2 is 1.77 bits per heavy atom. The molecule has 12 nitrogen and oxygen atoms in total. The van der Waals surface area contributed by atoms with Gasteiger partial charge in [-0.2, -0.15) is 0 Å². The molecule has 0 aliphatic carbocycles. The summed E-state index contributed by atoms with van der Waals surface area (Å²) in [5.74, 6) is -3.14. The first-order valence-electron chi connectivity index (χ1n) is 12.8. The number of carbonyl (C=O) groups excluding carboxylic acids is 2. The molecule has 5 N–H and O–H groups in total. The lowest BCUT2D eigenvalue weighted by molar-refractivity contribution is -0.399. The summed E-state index contributed by atoms with van der Waals surface area (Å²) < 4.78 is 15.9. The fraction of sp³-hybridized carbons (Fsp3) is 0.481. The van der Waals surface area contributed by atoms with Gasteiger partial charge in [0.2, 0.25) is 11.8 Å². The van der Waals surface area contributed by atoms with E-state index in [9.17, 15) is 30.0 Å². The van der Waals surface area contributed by atoms with E-state index >= 15 is 0 Å². The zero-order valence-corrected chi connectivity index (χ0v) is 21.7. The molecule has 0 bridgehead atoms. The topological polar surface area (TPSA) is 161 Å². The van der Waals surface area contributed by atoms with Crippen molar-refractivity contribution in [2.45, 2.75) is 24.6 Å². The Bertz CT molecular complexity index is 1120. The van der Waals surface area contributed by atoms with Crippen LogP contribution in [0.5, 0.6) is 11.5 Å². The molecule has 0 saturated carbocycles. The van der Waals surface area contributed by atoms with Crippen molar-refractivity contribution in [2.24, 2.45) is 5.92 Å². The molecule has 4 unspecified atom stereocenters. The van der Waals surface area contributed by atoms with Gasteiger partial charge in [-0.1, -0.05) is 18.2 Å². The number of aliphatic hydroxyl groups is 4. The fourth-order valence-electron chi connectivity index (χ4n) is 4.57. The minimum Gasteiger partial charge on any atom is -0.497 e. The number of hydrogen-bond donors (Lipinski definition) is 5. The minimum atomic E-state index is -2.57. The van der Waals surface area contributed by atoms with Gasteiger partial charge < -0.3 is 49.8 Å². The summed E-state index contributed by atoms with van der Waals surface area (Å²) in [6.45, 7) is 1.54. The maximum atomic E-state index is 12.7. The number of nitrogens with zero attached hydrogens (tertiary/aromatic N) is 2. The Balaban J connectivity index is 1.27. The van der Waals surface area contributed by atoms with E-state index in [4.69, 9.17) is 14.2 Å². The molecular weight excluding hydrogens is 510 g/mol. The molecule has 0 radical (unpaired) electrons. The van der Waals surface area contributed by atoms with Crippen LogP contribution in [0.2, 0.25) is 0 Å². The second-order valence-corrected chi connectivity index (χ2v) is 9.55. The van der Waals surface area contributed by atoms with E-state index in [1.165, 1.54) is 6.07 Å². The number of para-hydroxylation sites is 1. The summed E-state index contributed by atoms with van der Waals surface area (Å²) in [5, 5.41) is 43.0. The maximum absolute atomic E-state index is 12.7.